The number of nitro benzene ring substituents is 1. The van der Waals surface area contributed by atoms with Crippen molar-refractivity contribution >= 4 is 27.4 Å². The molecule has 4 nitrogen and oxygen atoms in total. The van der Waals surface area contributed by atoms with Crippen molar-refractivity contribution in [3.63, 3.8) is 0 Å². The zero-order valence-corrected chi connectivity index (χ0v) is 10.1. The summed E-state index contributed by atoms with van der Waals surface area (Å²) < 4.78 is 24.9. The highest BCUT2D eigenvalue weighted by Crippen LogP contribution is 2.27. The predicted octanol–water partition coefficient (Wildman–Crippen LogP) is 3.50. The van der Waals surface area contributed by atoms with Crippen molar-refractivity contribution in [2.24, 2.45) is 0 Å². The van der Waals surface area contributed by atoms with Gasteiger partial charge in [-0.2, -0.15) is 0 Å². The van der Waals surface area contributed by atoms with Crippen LogP contribution >= 0.6 is 15.9 Å². The second kappa shape index (κ2) is 5.81. The number of carbonyl (C=O) groups is 1. The second-order valence-electron chi connectivity index (χ2n) is 3.20. The topological polar surface area (TPSA) is 60.2 Å². The summed E-state index contributed by atoms with van der Waals surface area (Å²) in [7, 11) is 0. The Morgan fingerprint density at radius 3 is 2.59 bits per heavy atom. The van der Waals surface area contributed by atoms with E-state index in [4.69, 9.17) is 0 Å². The molecule has 0 saturated carbocycles. The molecule has 0 amide bonds. The summed E-state index contributed by atoms with van der Waals surface area (Å²) in [6, 6.07) is 2.77. The van der Waals surface area contributed by atoms with Crippen LogP contribution in [0.1, 0.15) is 28.8 Å². The molecule has 0 saturated heterocycles. The fourth-order valence-electron chi connectivity index (χ4n) is 1.29. The number of rotatable bonds is 5. The Hall–Kier alpha value is -1.37. The maximum absolute atomic E-state index is 12.4. The van der Waals surface area contributed by atoms with Crippen molar-refractivity contribution in [3.05, 3.63) is 39.4 Å². The average molecular weight is 308 g/mol. The van der Waals surface area contributed by atoms with Crippen molar-refractivity contribution in [2.45, 2.75) is 12.8 Å². The summed E-state index contributed by atoms with van der Waals surface area (Å²) in [6.07, 6.45) is -2.74. The van der Waals surface area contributed by atoms with Crippen LogP contribution in [0.15, 0.2) is 18.2 Å². The molecule has 0 heterocycles. The molecular weight excluding hydrogens is 300 g/mol. The third-order valence-electron chi connectivity index (χ3n) is 2.09. The predicted molar refractivity (Wildman–Crippen MR) is 60.8 cm³/mol. The lowest BCUT2D eigenvalue weighted by Crippen LogP contribution is -2.05. The van der Waals surface area contributed by atoms with Crippen molar-refractivity contribution in [1.29, 1.82) is 0 Å². The molecule has 0 aliphatic heterocycles. The van der Waals surface area contributed by atoms with E-state index in [1.54, 1.807) is 0 Å². The number of hydrogen-bond acceptors (Lipinski definition) is 3. The van der Waals surface area contributed by atoms with Crippen LogP contribution in [0.2, 0.25) is 0 Å². The van der Waals surface area contributed by atoms with Gasteiger partial charge in [-0.15, -0.1) is 0 Å². The van der Waals surface area contributed by atoms with Gasteiger partial charge in [-0.1, -0.05) is 15.9 Å². The van der Waals surface area contributed by atoms with E-state index in [9.17, 15) is 23.7 Å². The zero-order chi connectivity index (χ0) is 13.0. The fourth-order valence-corrected chi connectivity index (χ4v) is 1.65. The summed E-state index contributed by atoms with van der Waals surface area (Å²) in [4.78, 5) is 21.5. The van der Waals surface area contributed by atoms with Gasteiger partial charge in [-0.25, -0.2) is 8.78 Å². The summed E-state index contributed by atoms with van der Waals surface area (Å²) in [5, 5.41) is 11.0. The fraction of sp³-hybridized carbons (Fsp3) is 0.300. The van der Waals surface area contributed by atoms with E-state index >= 15 is 0 Å². The van der Waals surface area contributed by atoms with E-state index in [2.05, 4.69) is 15.9 Å². The van der Waals surface area contributed by atoms with Gasteiger partial charge in [-0.3, -0.25) is 14.9 Å². The number of alkyl halides is 3. The first-order chi connectivity index (χ1) is 7.97. The smallest absolute Gasteiger partial charge is 0.280 e. The van der Waals surface area contributed by atoms with Crippen LogP contribution in [0.4, 0.5) is 14.5 Å². The molecule has 92 valence electrons. The van der Waals surface area contributed by atoms with Crippen LogP contribution in [0, 0.1) is 10.1 Å². The largest absolute Gasteiger partial charge is 0.294 e. The molecule has 0 spiro atoms. The van der Waals surface area contributed by atoms with Gasteiger partial charge in [0.05, 0.1) is 10.5 Å². The normalized spacial score (nSPS) is 10.6. The lowest BCUT2D eigenvalue weighted by Gasteiger charge is -2.04. The molecule has 17 heavy (non-hydrogen) atoms. The molecule has 0 N–H and O–H groups in total. The first kappa shape index (κ1) is 13.7. The number of Topliss-reactive ketones (excluding diaryl/α,β-unsaturated/α-hetero) is 1. The van der Waals surface area contributed by atoms with E-state index in [0.717, 1.165) is 18.2 Å². The Kier molecular flexibility index (Phi) is 4.68. The third-order valence-corrected chi connectivity index (χ3v) is 2.49. The molecular formula is C10H8BrF2NO3. The first-order valence-electron chi connectivity index (χ1n) is 4.63. The van der Waals surface area contributed by atoms with Gasteiger partial charge < -0.3 is 0 Å². The number of nitro groups is 1. The molecule has 1 rings (SSSR count). The number of carbonyl (C=O) groups excluding carboxylic acids is 1. The minimum atomic E-state index is -2.76. The van der Waals surface area contributed by atoms with Crippen molar-refractivity contribution in [1.82, 2.24) is 0 Å². The Morgan fingerprint density at radius 2 is 2.12 bits per heavy atom. The van der Waals surface area contributed by atoms with E-state index < -0.39 is 28.4 Å². The monoisotopic (exact) mass is 307 g/mol. The summed E-state index contributed by atoms with van der Waals surface area (Å²) in [5.41, 5.74) is -1.11. The van der Waals surface area contributed by atoms with Gasteiger partial charge in [0.15, 0.2) is 5.78 Å². The Balaban J connectivity index is 3.25. The Morgan fingerprint density at radius 1 is 1.47 bits per heavy atom. The molecule has 0 fully saturated rings. The summed E-state index contributed by atoms with van der Waals surface area (Å²) >= 11 is 3.02. The molecule has 0 aliphatic carbocycles. The molecule has 1 aromatic carbocycles. The highest BCUT2D eigenvalue weighted by Gasteiger charge is 2.22. The van der Waals surface area contributed by atoms with Crippen LogP contribution < -0.4 is 0 Å². The average Bonchev–Trinajstić information content (AvgIpc) is 2.28. The molecule has 0 aliphatic rings. The van der Waals surface area contributed by atoms with Crippen molar-refractivity contribution in [3.8, 4) is 0 Å². The van der Waals surface area contributed by atoms with Crippen molar-refractivity contribution in [2.75, 3.05) is 5.33 Å². The van der Waals surface area contributed by atoms with E-state index in [1.807, 2.05) is 0 Å². The maximum atomic E-state index is 12.4. The van der Waals surface area contributed by atoms with Crippen LogP contribution in [0.5, 0.6) is 0 Å². The first-order valence-corrected chi connectivity index (χ1v) is 5.75. The number of ketones is 1. The second-order valence-corrected chi connectivity index (χ2v) is 3.99. The maximum Gasteiger partial charge on any atom is 0.280 e. The third kappa shape index (κ3) is 3.29. The molecule has 0 unspecified atom stereocenters. The standard InChI is InChI=1S/C10H8BrF2NO3/c11-4-3-9(15)7-5-6(10(12)13)1-2-8(7)14(16)17/h1-2,5,10H,3-4H2. The Labute approximate surface area is 104 Å². The van der Waals surface area contributed by atoms with Crippen LogP contribution in [0.25, 0.3) is 0 Å². The van der Waals surface area contributed by atoms with Crippen molar-refractivity contribution < 1.29 is 18.5 Å². The van der Waals surface area contributed by atoms with Gasteiger partial charge in [0.25, 0.3) is 12.1 Å². The van der Waals surface area contributed by atoms with Crippen LogP contribution in [-0.2, 0) is 0 Å². The lowest BCUT2D eigenvalue weighted by atomic mass is 10.0. The zero-order valence-electron chi connectivity index (χ0n) is 8.53. The molecule has 0 atom stereocenters. The van der Waals surface area contributed by atoms with Gasteiger partial charge in [0, 0.05) is 23.4 Å². The lowest BCUT2D eigenvalue weighted by molar-refractivity contribution is -0.385. The van der Waals surface area contributed by atoms with Gasteiger partial charge >= 0.3 is 0 Å². The number of hydrogen-bond donors (Lipinski definition) is 0. The molecule has 0 aromatic heterocycles. The highest BCUT2D eigenvalue weighted by molar-refractivity contribution is 9.09. The van der Waals surface area contributed by atoms with Gasteiger partial charge in [-0.05, 0) is 12.1 Å². The number of nitrogens with zero attached hydrogens (tertiary/aromatic N) is 1. The minimum absolute atomic E-state index is 0.0214. The molecule has 0 bridgehead atoms. The quantitative estimate of drug-likeness (QED) is 0.362. The van der Waals surface area contributed by atoms with Crippen LogP contribution in [0.3, 0.4) is 0 Å². The van der Waals surface area contributed by atoms with Gasteiger partial charge in [0.1, 0.15) is 0 Å². The number of benzene rings is 1. The molecule has 1 aromatic rings. The van der Waals surface area contributed by atoms with E-state index in [1.165, 1.54) is 0 Å². The minimum Gasteiger partial charge on any atom is -0.294 e. The van der Waals surface area contributed by atoms with E-state index in [0.29, 0.717) is 5.33 Å². The SMILES string of the molecule is O=C(CCBr)c1cc(C(F)F)ccc1[N+](=O)[O-]. The summed E-state index contributed by atoms with van der Waals surface area (Å²) in [5.74, 6) is -0.531. The molecule has 0 radical (unpaired) electrons. The number of halogens is 3. The van der Waals surface area contributed by atoms with Crippen LogP contribution in [-0.4, -0.2) is 16.0 Å². The van der Waals surface area contributed by atoms with E-state index in [-0.39, 0.29) is 12.0 Å². The van der Waals surface area contributed by atoms with Gasteiger partial charge in [0.2, 0.25) is 0 Å². The Bertz CT molecular complexity index is 451. The molecule has 7 heteroatoms. The highest BCUT2D eigenvalue weighted by atomic mass is 79.9. The summed E-state index contributed by atoms with van der Waals surface area (Å²) in [6.45, 7) is 0.